The molecule has 1 fully saturated rings. The third-order valence-electron chi connectivity index (χ3n) is 6.12. The highest BCUT2D eigenvalue weighted by atomic mass is 19.1. The van der Waals surface area contributed by atoms with Crippen molar-refractivity contribution in [1.29, 1.82) is 0 Å². The molecule has 1 unspecified atom stereocenters. The number of hydrogen-bond acceptors (Lipinski definition) is 5. The van der Waals surface area contributed by atoms with Gasteiger partial charge in [-0.05, 0) is 43.5 Å². The van der Waals surface area contributed by atoms with Crippen LogP contribution < -0.4 is 5.32 Å². The fourth-order valence-electron chi connectivity index (χ4n) is 4.21. The summed E-state index contributed by atoms with van der Waals surface area (Å²) in [5.41, 5.74) is 2.73. The number of nitrogens with one attached hydrogen (secondary N) is 1. The Morgan fingerprint density at radius 3 is 2.65 bits per heavy atom. The first-order chi connectivity index (χ1) is 16.4. The fourth-order valence-corrected chi connectivity index (χ4v) is 4.21. The SMILES string of the molecule is CCC(C(=O)O)n1cc(CN2CCC(NC(=O)c3ccc(-c4cccc(F)c4)nc3)CC2)cn1. The molecule has 34 heavy (non-hydrogen) atoms. The Morgan fingerprint density at radius 1 is 1.21 bits per heavy atom. The number of carboxylic acids is 1. The number of pyridine rings is 1. The van der Waals surface area contributed by atoms with Crippen LogP contribution in [0.25, 0.3) is 11.3 Å². The Balaban J connectivity index is 1.27. The van der Waals surface area contributed by atoms with Crippen LogP contribution in [-0.4, -0.2) is 55.8 Å². The van der Waals surface area contributed by atoms with E-state index >= 15 is 0 Å². The summed E-state index contributed by atoms with van der Waals surface area (Å²) in [6.45, 7) is 4.17. The lowest BCUT2D eigenvalue weighted by atomic mass is 10.0. The number of carbonyl (C=O) groups excluding carboxylic acids is 1. The van der Waals surface area contributed by atoms with E-state index in [9.17, 15) is 19.1 Å². The van der Waals surface area contributed by atoms with Crippen LogP contribution in [0.3, 0.4) is 0 Å². The molecular formula is C25H28FN5O3. The number of nitrogens with zero attached hydrogens (tertiary/aromatic N) is 4. The molecule has 1 aliphatic rings. The number of carboxylic acid groups (broad SMARTS) is 1. The van der Waals surface area contributed by atoms with E-state index in [1.807, 2.05) is 6.92 Å². The van der Waals surface area contributed by atoms with Gasteiger partial charge >= 0.3 is 5.97 Å². The minimum Gasteiger partial charge on any atom is -0.480 e. The molecule has 0 aliphatic carbocycles. The van der Waals surface area contributed by atoms with Gasteiger partial charge in [0.25, 0.3) is 5.91 Å². The van der Waals surface area contributed by atoms with Crippen LogP contribution in [0.1, 0.15) is 48.1 Å². The molecule has 1 atom stereocenters. The van der Waals surface area contributed by atoms with Crippen LogP contribution in [0.4, 0.5) is 4.39 Å². The van der Waals surface area contributed by atoms with Crippen molar-refractivity contribution >= 4 is 11.9 Å². The Labute approximate surface area is 197 Å². The van der Waals surface area contributed by atoms with Gasteiger partial charge < -0.3 is 10.4 Å². The zero-order valence-corrected chi connectivity index (χ0v) is 19.0. The predicted molar refractivity (Wildman–Crippen MR) is 125 cm³/mol. The summed E-state index contributed by atoms with van der Waals surface area (Å²) in [5, 5.41) is 16.6. The molecule has 3 aromatic rings. The number of carbonyl (C=O) groups is 2. The molecule has 4 rings (SSSR count). The summed E-state index contributed by atoms with van der Waals surface area (Å²) in [4.78, 5) is 30.6. The Bertz CT molecular complexity index is 1140. The Hall–Kier alpha value is -3.59. The number of rotatable bonds is 8. The zero-order valence-electron chi connectivity index (χ0n) is 19.0. The highest BCUT2D eigenvalue weighted by Crippen LogP contribution is 2.19. The summed E-state index contributed by atoms with van der Waals surface area (Å²) in [7, 11) is 0. The second kappa shape index (κ2) is 10.6. The molecule has 0 saturated carbocycles. The van der Waals surface area contributed by atoms with Gasteiger partial charge in [0.2, 0.25) is 0 Å². The topological polar surface area (TPSA) is 100 Å². The van der Waals surface area contributed by atoms with Crippen molar-refractivity contribution in [3.05, 3.63) is 71.9 Å². The lowest BCUT2D eigenvalue weighted by Gasteiger charge is -2.32. The predicted octanol–water partition coefficient (Wildman–Crippen LogP) is 3.51. The second-order valence-electron chi connectivity index (χ2n) is 8.56. The lowest BCUT2D eigenvalue weighted by Crippen LogP contribution is -2.44. The van der Waals surface area contributed by atoms with E-state index in [2.05, 4.69) is 20.3 Å². The van der Waals surface area contributed by atoms with Crippen molar-refractivity contribution in [3.63, 3.8) is 0 Å². The van der Waals surface area contributed by atoms with E-state index in [1.54, 1.807) is 36.7 Å². The number of piperidine rings is 1. The summed E-state index contributed by atoms with van der Waals surface area (Å²) >= 11 is 0. The molecule has 0 radical (unpaired) electrons. The monoisotopic (exact) mass is 465 g/mol. The van der Waals surface area contributed by atoms with E-state index in [1.165, 1.54) is 23.0 Å². The summed E-state index contributed by atoms with van der Waals surface area (Å²) in [6.07, 6.45) is 7.16. The molecule has 1 aromatic carbocycles. The minimum atomic E-state index is -0.882. The van der Waals surface area contributed by atoms with Gasteiger partial charge in [-0.3, -0.25) is 19.4 Å². The Morgan fingerprint density at radius 2 is 2.00 bits per heavy atom. The number of hydrogen-bond donors (Lipinski definition) is 2. The first-order valence-electron chi connectivity index (χ1n) is 11.4. The van der Waals surface area contributed by atoms with Crippen LogP contribution in [-0.2, 0) is 11.3 Å². The highest BCUT2D eigenvalue weighted by Gasteiger charge is 2.23. The first-order valence-corrected chi connectivity index (χ1v) is 11.4. The molecule has 1 saturated heterocycles. The van der Waals surface area contributed by atoms with Crippen molar-refractivity contribution in [2.45, 2.75) is 44.8 Å². The third-order valence-corrected chi connectivity index (χ3v) is 6.12. The lowest BCUT2D eigenvalue weighted by molar-refractivity contribution is -0.141. The molecule has 178 valence electrons. The van der Waals surface area contributed by atoms with E-state index in [0.29, 0.717) is 29.8 Å². The molecule has 8 nitrogen and oxygen atoms in total. The van der Waals surface area contributed by atoms with Crippen LogP contribution in [0.5, 0.6) is 0 Å². The van der Waals surface area contributed by atoms with Gasteiger partial charge in [-0.25, -0.2) is 9.18 Å². The van der Waals surface area contributed by atoms with Crippen molar-refractivity contribution in [2.24, 2.45) is 0 Å². The zero-order chi connectivity index (χ0) is 24.1. The molecule has 1 amide bonds. The second-order valence-corrected chi connectivity index (χ2v) is 8.56. The minimum absolute atomic E-state index is 0.0749. The van der Waals surface area contributed by atoms with Gasteiger partial charge in [0, 0.05) is 49.2 Å². The maximum Gasteiger partial charge on any atom is 0.328 e. The molecule has 1 aliphatic heterocycles. The van der Waals surface area contributed by atoms with Crippen LogP contribution >= 0.6 is 0 Å². The number of aromatic nitrogens is 3. The average molecular weight is 466 g/mol. The summed E-state index contributed by atoms with van der Waals surface area (Å²) in [6, 6.07) is 9.05. The van der Waals surface area contributed by atoms with E-state index in [0.717, 1.165) is 31.5 Å². The highest BCUT2D eigenvalue weighted by molar-refractivity contribution is 5.94. The summed E-state index contributed by atoms with van der Waals surface area (Å²) < 4.78 is 14.9. The molecular weight excluding hydrogens is 437 g/mol. The fraction of sp³-hybridized carbons (Fsp3) is 0.360. The molecule has 2 aromatic heterocycles. The normalized spacial score (nSPS) is 15.7. The van der Waals surface area contributed by atoms with E-state index < -0.39 is 12.0 Å². The van der Waals surface area contributed by atoms with Crippen molar-refractivity contribution in [2.75, 3.05) is 13.1 Å². The van der Waals surface area contributed by atoms with Gasteiger partial charge in [-0.2, -0.15) is 5.10 Å². The number of aliphatic carboxylic acids is 1. The molecule has 0 spiro atoms. The first kappa shape index (κ1) is 23.6. The Kier molecular flexibility index (Phi) is 7.32. The van der Waals surface area contributed by atoms with Crippen molar-refractivity contribution in [1.82, 2.24) is 25.0 Å². The van der Waals surface area contributed by atoms with Crippen molar-refractivity contribution < 1.29 is 19.1 Å². The van der Waals surface area contributed by atoms with Gasteiger partial charge in [0.15, 0.2) is 0 Å². The standard InChI is InChI=1S/C25H28FN5O3/c1-2-23(25(33)34)31-16-17(13-28-31)15-30-10-8-21(9-11-30)29-24(32)19-6-7-22(27-14-19)18-4-3-5-20(26)12-18/h3-7,12-14,16,21,23H,2,8-11,15H2,1H3,(H,29,32)(H,33,34). The van der Waals surface area contributed by atoms with E-state index in [-0.39, 0.29) is 17.8 Å². The van der Waals surface area contributed by atoms with Gasteiger partial charge in [0.1, 0.15) is 11.9 Å². The molecule has 3 heterocycles. The molecule has 2 N–H and O–H groups in total. The van der Waals surface area contributed by atoms with Crippen molar-refractivity contribution in [3.8, 4) is 11.3 Å². The quantitative estimate of drug-likeness (QED) is 0.528. The van der Waals surface area contributed by atoms with Gasteiger partial charge in [-0.15, -0.1) is 0 Å². The number of likely N-dealkylation sites (tertiary alicyclic amines) is 1. The molecule has 0 bridgehead atoms. The average Bonchev–Trinajstić information content (AvgIpc) is 3.28. The largest absolute Gasteiger partial charge is 0.480 e. The summed E-state index contributed by atoms with van der Waals surface area (Å²) in [5.74, 6) is -1.38. The maximum atomic E-state index is 13.4. The maximum absolute atomic E-state index is 13.4. The van der Waals surface area contributed by atoms with Crippen LogP contribution in [0.2, 0.25) is 0 Å². The number of amides is 1. The van der Waals surface area contributed by atoms with E-state index in [4.69, 9.17) is 0 Å². The van der Waals surface area contributed by atoms with Crippen LogP contribution in [0, 0.1) is 5.82 Å². The van der Waals surface area contributed by atoms with Crippen LogP contribution in [0.15, 0.2) is 55.0 Å². The smallest absolute Gasteiger partial charge is 0.328 e. The van der Waals surface area contributed by atoms with Gasteiger partial charge in [-0.1, -0.05) is 19.1 Å². The molecule has 9 heteroatoms. The number of benzene rings is 1. The third kappa shape index (κ3) is 5.66. The number of halogens is 1. The van der Waals surface area contributed by atoms with Gasteiger partial charge in [0.05, 0.1) is 17.5 Å².